The van der Waals surface area contributed by atoms with E-state index in [1.54, 1.807) is 29.0 Å². The minimum absolute atomic E-state index is 0.0252. The number of amidine groups is 1. The summed E-state index contributed by atoms with van der Waals surface area (Å²) >= 11 is 11.8. The van der Waals surface area contributed by atoms with Crippen LogP contribution >= 0.6 is 23.2 Å². The quantitative estimate of drug-likeness (QED) is 0.380. The highest BCUT2D eigenvalue weighted by molar-refractivity contribution is 6.35. The molecule has 5 nitrogen and oxygen atoms in total. The van der Waals surface area contributed by atoms with Crippen molar-refractivity contribution in [3.05, 3.63) is 46.3 Å². The first-order valence-corrected chi connectivity index (χ1v) is 5.35. The van der Waals surface area contributed by atoms with Crippen LogP contribution in [0.3, 0.4) is 0 Å². The van der Waals surface area contributed by atoms with Gasteiger partial charge in [0.15, 0.2) is 11.7 Å². The molecule has 17 heavy (non-hydrogen) atoms. The zero-order chi connectivity index (χ0) is 12.4. The SMILES string of the molecule is N/C(=N/O)c1cccn1-c1ncc(Cl)cc1Cl. The first-order chi connectivity index (χ1) is 8.13. The van der Waals surface area contributed by atoms with Crippen LogP contribution in [0, 0.1) is 0 Å². The first kappa shape index (κ1) is 11.8. The number of hydrogen-bond donors (Lipinski definition) is 2. The van der Waals surface area contributed by atoms with E-state index in [2.05, 4.69) is 10.1 Å². The monoisotopic (exact) mass is 270 g/mol. The third-order valence-electron chi connectivity index (χ3n) is 2.14. The number of pyridine rings is 1. The third-order valence-corrected chi connectivity index (χ3v) is 2.62. The number of aromatic nitrogens is 2. The highest BCUT2D eigenvalue weighted by Gasteiger charge is 2.11. The number of nitrogens with zero attached hydrogens (tertiary/aromatic N) is 3. The molecule has 0 aliphatic rings. The standard InChI is InChI=1S/C10H8Cl2N4O/c11-6-4-7(12)10(14-5-6)16-3-1-2-8(16)9(13)15-17/h1-5,17H,(H2,13,15). The molecule has 0 aliphatic heterocycles. The Morgan fingerprint density at radius 3 is 2.88 bits per heavy atom. The summed E-state index contributed by atoms with van der Waals surface area (Å²) < 4.78 is 1.60. The Kier molecular flexibility index (Phi) is 3.21. The second kappa shape index (κ2) is 4.65. The fourth-order valence-corrected chi connectivity index (χ4v) is 1.88. The Morgan fingerprint density at radius 2 is 2.24 bits per heavy atom. The van der Waals surface area contributed by atoms with Crippen molar-refractivity contribution in [2.24, 2.45) is 10.9 Å². The van der Waals surface area contributed by atoms with Crippen molar-refractivity contribution in [2.75, 3.05) is 0 Å². The number of nitrogens with two attached hydrogens (primary N) is 1. The molecule has 0 bridgehead atoms. The zero-order valence-electron chi connectivity index (χ0n) is 8.51. The lowest BCUT2D eigenvalue weighted by Gasteiger charge is -2.08. The van der Waals surface area contributed by atoms with Gasteiger partial charge in [0, 0.05) is 12.4 Å². The largest absolute Gasteiger partial charge is 0.409 e. The van der Waals surface area contributed by atoms with Crippen LogP contribution < -0.4 is 5.73 Å². The van der Waals surface area contributed by atoms with Crippen molar-refractivity contribution >= 4 is 29.0 Å². The van der Waals surface area contributed by atoms with Gasteiger partial charge in [0.2, 0.25) is 0 Å². The van der Waals surface area contributed by atoms with E-state index in [-0.39, 0.29) is 5.84 Å². The maximum atomic E-state index is 8.67. The highest BCUT2D eigenvalue weighted by atomic mass is 35.5. The molecule has 0 unspecified atom stereocenters. The van der Waals surface area contributed by atoms with E-state index >= 15 is 0 Å². The molecule has 2 aromatic heterocycles. The second-order valence-corrected chi connectivity index (χ2v) is 4.05. The predicted octanol–water partition coefficient (Wildman–Crippen LogP) is 2.27. The maximum Gasteiger partial charge on any atom is 0.187 e. The lowest BCUT2D eigenvalue weighted by molar-refractivity contribution is 0.318. The zero-order valence-corrected chi connectivity index (χ0v) is 10.0. The van der Waals surface area contributed by atoms with Gasteiger partial charge < -0.3 is 10.9 Å². The van der Waals surface area contributed by atoms with Gasteiger partial charge in [-0.05, 0) is 18.2 Å². The smallest absolute Gasteiger partial charge is 0.187 e. The summed E-state index contributed by atoms with van der Waals surface area (Å²) in [6, 6.07) is 4.99. The van der Waals surface area contributed by atoms with Gasteiger partial charge >= 0.3 is 0 Å². The average Bonchev–Trinajstić information content (AvgIpc) is 2.77. The predicted molar refractivity (Wildman–Crippen MR) is 66.1 cm³/mol. The maximum absolute atomic E-state index is 8.67. The van der Waals surface area contributed by atoms with Crippen molar-refractivity contribution in [2.45, 2.75) is 0 Å². The molecule has 0 fully saturated rings. The summed E-state index contributed by atoms with van der Waals surface area (Å²) in [5.74, 6) is 0.436. The van der Waals surface area contributed by atoms with Crippen LogP contribution in [0.2, 0.25) is 10.0 Å². The summed E-state index contributed by atoms with van der Waals surface area (Å²) in [6.07, 6.45) is 3.17. The van der Waals surface area contributed by atoms with Crippen molar-refractivity contribution in [3.63, 3.8) is 0 Å². The van der Waals surface area contributed by atoms with Gasteiger partial charge in [-0.3, -0.25) is 4.57 Å². The molecular formula is C10H8Cl2N4O. The van der Waals surface area contributed by atoms with E-state index in [9.17, 15) is 0 Å². The lowest BCUT2D eigenvalue weighted by atomic mass is 10.4. The minimum Gasteiger partial charge on any atom is -0.409 e. The molecule has 2 aromatic rings. The van der Waals surface area contributed by atoms with Crippen LogP contribution in [0.1, 0.15) is 5.69 Å². The van der Waals surface area contributed by atoms with Gasteiger partial charge in [-0.2, -0.15) is 0 Å². The minimum atomic E-state index is -0.0252. The number of rotatable bonds is 2. The molecule has 0 radical (unpaired) electrons. The van der Waals surface area contributed by atoms with Crippen LogP contribution in [-0.4, -0.2) is 20.6 Å². The summed E-state index contributed by atoms with van der Waals surface area (Å²) in [6.45, 7) is 0. The van der Waals surface area contributed by atoms with E-state index in [4.69, 9.17) is 34.1 Å². The Hall–Kier alpha value is -1.72. The van der Waals surface area contributed by atoms with Crippen LogP contribution in [0.5, 0.6) is 0 Å². The fraction of sp³-hybridized carbons (Fsp3) is 0. The summed E-state index contributed by atoms with van der Waals surface area (Å²) in [5.41, 5.74) is 6.03. The van der Waals surface area contributed by atoms with Gasteiger partial charge in [0.1, 0.15) is 0 Å². The summed E-state index contributed by atoms with van der Waals surface area (Å²) in [5, 5.41) is 12.4. The van der Waals surface area contributed by atoms with Crippen LogP contribution in [0.4, 0.5) is 0 Å². The van der Waals surface area contributed by atoms with Crippen molar-refractivity contribution < 1.29 is 5.21 Å². The second-order valence-electron chi connectivity index (χ2n) is 3.21. The van der Waals surface area contributed by atoms with Crippen molar-refractivity contribution in [1.29, 1.82) is 0 Å². The van der Waals surface area contributed by atoms with Gasteiger partial charge in [0.25, 0.3) is 0 Å². The van der Waals surface area contributed by atoms with Gasteiger partial charge in [-0.15, -0.1) is 0 Å². The number of halogens is 2. The first-order valence-electron chi connectivity index (χ1n) is 4.60. The van der Waals surface area contributed by atoms with Gasteiger partial charge in [-0.25, -0.2) is 4.98 Å². The fourth-order valence-electron chi connectivity index (χ4n) is 1.41. The molecular weight excluding hydrogens is 263 g/mol. The normalized spacial score (nSPS) is 11.8. The summed E-state index contributed by atoms with van der Waals surface area (Å²) in [4.78, 5) is 4.10. The molecule has 0 saturated heterocycles. The van der Waals surface area contributed by atoms with Crippen molar-refractivity contribution in [3.8, 4) is 5.82 Å². The molecule has 0 spiro atoms. The lowest BCUT2D eigenvalue weighted by Crippen LogP contribution is -2.17. The molecule has 0 saturated carbocycles. The van der Waals surface area contributed by atoms with Gasteiger partial charge in [-0.1, -0.05) is 28.4 Å². The van der Waals surface area contributed by atoms with Crippen LogP contribution in [-0.2, 0) is 0 Å². The summed E-state index contributed by atoms with van der Waals surface area (Å²) in [7, 11) is 0. The van der Waals surface area contributed by atoms with E-state index in [1.165, 1.54) is 6.20 Å². The van der Waals surface area contributed by atoms with E-state index in [0.717, 1.165) is 0 Å². The average molecular weight is 271 g/mol. The Labute approximate surface area is 107 Å². The number of oxime groups is 1. The molecule has 0 amide bonds. The Morgan fingerprint density at radius 1 is 1.47 bits per heavy atom. The third kappa shape index (κ3) is 2.20. The molecule has 0 aliphatic carbocycles. The molecule has 2 rings (SSSR count). The molecule has 0 aromatic carbocycles. The molecule has 3 N–H and O–H groups in total. The molecule has 88 valence electrons. The molecule has 2 heterocycles. The van der Waals surface area contributed by atoms with Crippen molar-refractivity contribution in [1.82, 2.24) is 9.55 Å². The Bertz CT molecular complexity index is 579. The van der Waals surface area contributed by atoms with E-state index in [1.807, 2.05) is 0 Å². The molecule has 0 atom stereocenters. The van der Waals surface area contributed by atoms with Crippen LogP contribution in [0.15, 0.2) is 35.7 Å². The number of hydrogen-bond acceptors (Lipinski definition) is 3. The van der Waals surface area contributed by atoms with E-state index < -0.39 is 0 Å². The van der Waals surface area contributed by atoms with Crippen LogP contribution in [0.25, 0.3) is 5.82 Å². The van der Waals surface area contributed by atoms with Gasteiger partial charge in [0.05, 0.1) is 15.7 Å². The highest BCUT2D eigenvalue weighted by Crippen LogP contribution is 2.23. The molecule has 7 heteroatoms. The Balaban J connectivity index is 2.58. The topological polar surface area (TPSA) is 76.4 Å². The van der Waals surface area contributed by atoms with E-state index in [0.29, 0.717) is 21.6 Å².